The summed E-state index contributed by atoms with van der Waals surface area (Å²) in [7, 11) is 0. The Morgan fingerprint density at radius 2 is 1.56 bits per heavy atom. The third-order valence-corrected chi connectivity index (χ3v) is 5.27. The van der Waals surface area contributed by atoms with E-state index >= 15 is 0 Å². The maximum atomic E-state index is 13.1. The summed E-state index contributed by atoms with van der Waals surface area (Å²) in [6, 6.07) is 13.1. The molecule has 0 aliphatic carbocycles. The van der Waals surface area contributed by atoms with Crippen LogP contribution in [0.2, 0.25) is 10.0 Å². The van der Waals surface area contributed by atoms with Gasteiger partial charge >= 0.3 is 11.7 Å². The van der Waals surface area contributed by atoms with E-state index in [1.807, 2.05) is 5.32 Å². The Balaban J connectivity index is 2.16. The number of hydrogen-bond acceptors (Lipinski definition) is 5. The molecule has 1 amide bonds. The van der Waals surface area contributed by atoms with E-state index in [1.54, 1.807) is 36.4 Å². The summed E-state index contributed by atoms with van der Waals surface area (Å²) in [5, 5.41) is 22.0. The van der Waals surface area contributed by atoms with Crippen LogP contribution in [0.4, 0.5) is 0 Å². The first-order valence-corrected chi connectivity index (χ1v) is 9.99. The fraction of sp³-hybridized carbons (Fsp3) is 0.143. The average molecular weight is 478 g/mol. The van der Waals surface area contributed by atoms with E-state index in [1.165, 1.54) is 12.1 Å². The van der Waals surface area contributed by atoms with Gasteiger partial charge in [-0.25, -0.2) is 4.79 Å². The van der Waals surface area contributed by atoms with Gasteiger partial charge in [-0.15, -0.1) is 0 Å². The zero-order valence-electron chi connectivity index (χ0n) is 16.4. The zero-order chi connectivity index (χ0) is 23.4. The predicted octanol–water partition coefficient (Wildman–Crippen LogP) is 1.93. The molecule has 9 nitrogen and oxygen atoms in total. The van der Waals surface area contributed by atoms with Crippen LogP contribution in [-0.2, 0) is 17.9 Å². The number of benzene rings is 2. The van der Waals surface area contributed by atoms with E-state index in [2.05, 4.69) is 0 Å². The fourth-order valence-corrected chi connectivity index (χ4v) is 3.32. The molecule has 2 aromatic carbocycles. The second kappa shape index (κ2) is 9.71. The van der Waals surface area contributed by atoms with Crippen LogP contribution in [0.3, 0.4) is 0 Å². The van der Waals surface area contributed by atoms with Gasteiger partial charge < -0.3 is 15.5 Å². The van der Waals surface area contributed by atoms with E-state index in [9.17, 15) is 24.3 Å². The van der Waals surface area contributed by atoms with Crippen molar-refractivity contribution in [3.8, 4) is 5.88 Å². The Kier molecular flexibility index (Phi) is 7.01. The predicted molar refractivity (Wildman–Crippen MR) is 118 cm³/mol. The monoisotopic (exact) mass is 477 g/mol. The maximum Gasteiger partial charge on any atom is 0.334 e. The molecule has 3 aromatic rings. The quantitative estimate of drug-likeness (QED) is 0.476. The number of aromatic nitrogens is 2. The van der Waals surface area contributed by atoms with E-state index in [-0.39, 0.29) is 23.1 Å². The van der Waals surface area contributed by atoms with Crippen molar-refractivity contribution < 1.29 is 19.8 Å². The highest BCUT2D eigenvalue weighted by molar-refractivity contribution is 6.42. The average Bonchev–Trinajstić information content (AvgIpc) is 2.76. The molecule has 1 heterocycles. The topological polar surface area (TPSA) is 131 Å². The van der Waals surface area contributed by atoms with Crippen LogP contribution in [0.1, 0.15) is 21.5 Å². The molecule has 0 aliphatic heterocycles. The van der Waals surface area contributed by atoms with Gasteiger partial charge in [-0.3, -0.25) is 23.5 Å². The molecular weight excluding hydrogens is 461 g/mol. The first-order chi connectivity index (χ1) is 15.2. The van der Waals surface area contributed by atoms with E-state index in [0.717, 1.165) is 9.13 Å². The van der Waals surface area contributed by atoms with Crippen molar-refractivity contribution in [2.75, 3.05) is 6.54 Å². The van der Waals surface area contributed by atoms with Crippen molar-refractivity contribution in [3.63, 3.8) is 0 Å². The van der Waals surface area contributed by atoms with Crippen molar-refractivity contribution in [1.29, 1.82) is 0 Å². The van der Waals surface area contributed by atoms with Crippen molar-refractivity contribution in [2.24, 2.45) is 0 Å². The summed E-state index contributed by atoms with van der Waals surface area (Å²) >= 11 is 11.9. The summed E-state index contributed by atoms with van der Waals surface area (Å²) in [6.07, 6.45) is 0. The van der Waals surface area contributed by atoms with Crippen molar-refractivity contribution >= 4 is 35.1 Å². The summed E-state index contributed by atoms with van der Waals surface area (Å²) < 4.78 is 1.63. The Bertz CT molecular complexity index is 1300. The highest BCUT2D eigenvalue weighted by atomic mass is 35.5. The van der Waals surface area contributed by atoms with Gasteiger partial charge in [0.05, 0.1) is 23.1 Å². The Hall–Kier alpha value is -3.56. The zero-order valence-corrected chi connectivity index (χ0v) is 17.9. The molecule has 32 heavy (non-hydrogen) atoms. The molecular formula is C21H17Cl2N3O6. The number of carboxylic acids is 1. The van der Waals surface area contributed by atoms with Gasteiger partial charge in [0.2, 0.25) is 5.88 Å². The summed E-state index contributed by atoms with van der Waals surface area (Å²) in [5.74, 6) is -3.36. The van der Waals surface area contributed by atoms with Crippen LogP contribution in [0.25, 0.3) is 0 Å². The summed E-state index contributed by atoms with van der Waals surface area (Å²) in [6.45, 7) is -1.17. The number of aromatic hydroxyl groups is 1. The second-order valence-electron chi connectivity index (χ2n) is 6.77. The molecule has 0 unspecified atom stereocenters. The summed E-state index contributed by atoms with van der Waals surface area (Å²) in [4.78, 5) is 49.3. The number of nitrogens with one attached hydrogen (secondary N) is 1. The maximum absolute atomic E-state index is 13.1. The number of hydrogen-bond donors (Lipinski definition) is 3. The van der Waals surface area contributed by atoms with Crippen molar-refractivity contribution in [3.05, 3.63) is 96.1 Å². The lowest BCUT2D eigenvalue weighted by Gasteiger charge is -2.16. The number of nitrogens with zero attached hydrogens (tertiary/aromatic N) is 2. The Labute approximate surface area is 191 Å². The molecule has 0 spiro atoms. The van der Waals surface area contributed by atoms with E-state index < -0.39 is 41.1 Å². The van der Waals surface area contributed by atoms with Gasteiger partial charge in [-0.1, -0.05) is 59.6 Å². The number of carboxylic acid groups (broad SMARTS) is 1. The lowest BCUT2D eigenvalue weighted by Crippen LogP contribution is -2.45. The highest BCUT2D eigenvalue weighted by Gasteiger charge is 2.25. The number of amides is 1. The molecule has 166 valence electrons. The van der Waals surface area contributed by atoms with E-state index in [0.29, 0.717) is 11.1 Å². The molecule has 0 aliphatic rings. The van der Waals surface area contributed by atoms with Crippen molar-refractivity contribution in [1.82, 2.24) is 14.5 Å². The third kappa shape index (κ3) is 5.01. The van der Waals surface area contributed by atoms with Crippen LogP contribution < -0.4 is 16.6 Å². The number of rotatable bonds is 7. The van der Waals surface area contributed by atoms with Gasteiger partial charge in [0.25, 0.3) is 11.5 Å². The minimum absolute atomic E-state index is 0.167. The van der Waals surface area contributed by atoms with Crippen LogP contribution in [0.5, 0.6) is 5.88 Å². The normalized spacial score (nSPS) is 10.7. The van der Waals surface area contributed by atoms with Crippen LogP contribution in [0.15, 0.2) is 58.1 Å². The Morgan fingerprint density at radius 3 is 2.19 bits per heavy atom. The van der Waals surface area contributed by atoms with E-state index in [4.69, 9.17) is 28.3 Å². The number of halogens is 2. The molecule has 0 bridgehead atoms. The van der Waals surface area contributed by atoms with Gasteiger partial charge in [0.1, 0.15) is 6.54 Å². The molecule has 1 aromatic heterocycles. The van der Waals surface area contributed by atoms with Gasteiger partial charge in [0, 0.05) is 0 Å². The first kappa shape index (κ1) is 23.1. The van der Waals surface area contributed by atoms with Gasteiger partial charge in [0.15, 0.2) is 5.56 Å². The minimum Gasteiger partial charge on any atom is -0.494 e. The van der Waals surface area contributed by atoms with Crippen LogP contribution in [-0.4, -0.2) is 37.8 Å². The third-order valence-electron chi connectivity index (χ3n) is 4.54. The minimum atomic E-state index is -1.34. The fourth-order valence-electron chi connectivity index (χ4n) is 3.00. The molecule has 0 radical (unpaired) electrons. The molecule has 0 fully saturated rings. The lowest BCUT2D eigenvalue weighted by atomic mass is 10.2. The smallest absolute Gasteiger partial charge is 0.334 e. The van der Waals surface area contributed by atoms with Crippen LogP contribution in [0, 0.1) is 0 Å². The molecule has 3 N–H and O–H groups in total. The first-order valence-electron chi connectivity index (χ1n) is 9.23. The lowest BCUT2D eigenvalue weighted by molar-refractivity contribution is -0.135. The molecule has 3 rings (SSSR count). The van der Waals surface area contributed by atoms with Crippen LogP contribution >= 0.6 is 23.2 Å². The molecule has 11 heteroatoms. The van der Waals surface area contributed by atoms with Crippen molar-refractivity contribution in [2.45, 2.75) is 13.1 Å². The van der Waals surface area contributed by atoms with Gasteiger partial charge in [-0.05, 0) is 23.3 Å². The largest absolute Gasteiger partial charge is 0.494 e. The SMILES string of the molecule is O=C(O)CNC(=O)c1c(O)n(Cc2ccc(Cl)c(Cl)c2)c(=O)n(Cc2ccccc2)c1=O. The molecule has 0 atom stereocenters. The number of carbonyl (C=O) groups excluding carboxylic acids is 1. The van der Waals surface area contributed by atoms with Gasteiger partial charge in [-0.2, -0.15) is 0 Å². The molecule has 0 saturated heterocycles. The Morgan fingerprint density at radius 1 is 0.906 bits per heavy atom. The number of aliphatic carboxylic acids is 1. The summed E-state index contributed by atoms with van der Waals surface area (Å²) in [5.41, 5.74) is -1.59. The molecule has 0 saturated carbocycles. The highest BCUT2D eigenvalue weighted by Crippen LogP contribution is 2.23. The standard InChI is InChI=1S/C21H17Cl2N3O6/c22-14-7-6-13(8-15(14)23)11-26-20(31)17(18(29)24-9-16(27)28)19(30)25(21(26)32)10-12-4-2-1-3-5-12/h1-8,31H,9-11H2,(H,24,29)(H,27,28). The number of carbonyl (C=O) groups is 2. The second-order valence-corrected chi connectivity index (χ2v) is 7.58.